The molecule has 1 aromatic heterocycles. The van der Waals surface area contributed by atoms with Gasteiger partial charge in [-0.1, -0.05) is 51.9 Å². The number of rotatable bonds is 10. The van der Waals surface area contributed by atoms with Crippen molar-refractivity contribution >= 4 is 11.3 Å². The van der Waals surface area contributed by atoms with E-state index in [1.807, 2.05) is 11.3 Å². The average Bonchev–Trinajstić information content (AvgIpc) is 3.03. The molecule has 0 saturated carbocycles. The standard InChI is InChI=1S/C17H30N2S/c1-3-4-5-6-7-8-9-11-15(18-2)17-19-14-12-10-13-16(14)20-17/h15,18H,3-13H2,1-2H3. The van der Waals surface area contributed by atoms with E-state index in [0.717, 1.165) is 0 Å². The van der Waals surface area contributed by atoms with Crippen molar-refractivity contribution in [2.75, 3.05) is 7.05 Å². The van der Waals surface area contributed by atoms with E-state index in [0.29, 0.717) is 6.04 Å². The van der Waals surface area contributed by atoms with Crippen molar-refractivity contribution in [2.45, 2.75) is 83.6 Å². The molecule has 1 aliphatic carbocycles. The lowest BCUT2D eigenvalue weighted by molar-refractivity contribution is 0.493. The van der Waals surface area contributed by atoms with E-state index in [2.05, 4.69) is 19.3 Å². The second kappa shape index (κ2) is 8.78. The number of hydrogen-bond acceptors (Lipinski definition) is 3. The molecule has 3 heteroatoms. The molecule has 1 N–H and O–H groups in total. The minimum absolute atomic E-state index is 0.487. The highest BCUT2D eigenvalue weighted by molar-refractivity contribution is 7.11. The SMILES string of the molecule is CCCCCCCCCC(NC)c1nc2c(s1)CCC2. The van der Waals surface area contributed by atoms with Crippen LogP contribution in [0.1, 0.15) is 86.3 Å². The van der Waals surface area contributed by atoms with Crippen LogP contribution in [0.4, 0.5) is 0 Å². The molecule has 0 amide bonds. The maximum absolute atomic E-state index is 4.86. The summed E-state index contributed by atoms with van der Waals surface area (Å²) in [5.41, 5.74) is 1.39. The molecule has 1 atom stereocenters. The molecule has 20 heavy (non-hydrogen) atoms. The molecule has 0 aromatic carbocycles. The predicted molar refractivity (Wildman–Crippen MR) is 88.5 cm³/mol. The predicted octanol–water partition coefficient (Wildman–Crippen LogP) is 5.03. The van der Waals surface area contributed by atoms with Gasteiger partial charge in [-0.3, -0.25) is 0 Å². The van der Waals surface area contributed by atoms with E-state index >= 15 is 0 Å². The Morgan fingerprint density at radius 2 is 1.85 bits per heavy atom. The zero-order valence-electron chi connectivity index (χ0n) is 13.2. The minimum atomic E-state index is 0.487. The molecule has 0 spiro atoms. The van der Waals surface area contributed by atoms with Crippen LogP contribution in [0.3, 0.4) is 0 Å². The second-order valence-electron chi connectivity index (χ2n) is 6.03. The van der Waals surface area contributed by atoms with Crippen molar-refractivity contribution in [3.63, 3.8) is 0 Å². The van der Waals surface area contributed by atoms with Gasteiger partial charge in [0.25, 0.3) is 0 Å². The number of thiazole rings is 1. The van der Waals surface area contributed by atoms with Crippen molar-refractivity contribution in [3.8, 4) is 0 Å². The van der Waals surface area contributed by atoms with E-state index in [4.69, 9.17) is 4.98 Å². The van der Waals surface area contributed by atoms with Crippen LogP contribution in [0.2, 0.25) is 0 Å². The number of nitrogens with one attached hydrogen (secondary N) is 1. The summed E-state index contributed by atoms with van der Waals surface area (Å²) in [5, 5.41) is 4.80. The lowest BCUT2D eigenvalue weighted by Crippen LogP contribution is -2.16. The summed E-state index contributed by atoms with van der Waals surface area (Å²) in [5.74, 6) is 0. The van der Waals surface area contributed by atoms with Gasteiger partial charge in [-0.2, -0.15) is 0 Å². The van der Waals surface area contributed by atoms with Crippen molar-refractivity contribution in [3.05, 3.63) is 15.6 Å². The Morgan fingerprint density at radius 1 is 1.10 bits per heavy atom. The summed E-state index contributed by atoms with van der Waals surface area (Å²) in [7, 11) is 2.08. The quantitative estimate of drug-likeness (QED) is 0.612. The summed E-state index contributed by atoms with van der Waals surface area (Å²) in [6.45, 7) is 2.28. The molecular formula is C17H30N2S. The lowest BCUT2D eigenvalue weighted by atomic mass is 10.1. The first-order valence-corrected chi connectivity index (χ1v) is 9.32. The Kier molecular flexibility index (Phi) is 7.01. The first kappa shape index (κ1) is 16.0. The number of aryl methyl sites for hydroxylation is 2. The Hall–Kier alpha value is -0.410. The summed E-state index contributed by atoms with van der Waals surface area (Å²) in [4.78, 5) is 6.41. The van der Waals surface area contributed by atoms with Gasteiger partial charge in [0, 0.05) is 4.88 Å². The fraction of sp³-hybridized carbons (Fsp3) is 0.824. The molecule has 2 nitrogen and oxygen atoms in total. The van der Waals surface area contributed by atoms with Crippen LogP contribution >= 0.6 is 11.3 Å². The summed E-state index contributed by atoms with van der Waals surface area (Å²) >= 11 is 1.96. The third kappa shape index (κ3) is 4.56. The van der Waals surface area contributed by atoms with Crippen LogP contribution in [0.5, 0.6) is 0 Å². The zero-order valence-corrected chi connectivity index (χ0v) is 14.0. The monoisotopic (exact) mass is 294 g/mol. The van der Waals surface area contributed by atoms with E-state index in [1.165, 1.54) is 81.3 Å². The normalized spacial score (nSPS) is 15.5. The topological polar surface area (TPSA) is 24.9 Å². The largest absolute Gasteiger partial charge is 0.311 e. The fourth-order valence-electron chi connectivity index (χ4n) is 3.06. The van der Waals surface area contributed by atoms with E-state index < -0.39 is 0 Å². The summed E-state index contributed by atoms with van der Waals surface area (Å²) in [6.07, 6.45) is 14.8. The molecule has 2 rings (SSSR count). The third-order valence-corrected chi connectivity index (χ3v) is 5.63. The highest BCUT2D eigenvalue weighted by Crippen LogP contribution is 2.32. The smallest absolute Gasteiger partial charge is 0.110 e. The number of aromatic nitrogens is 1. The Bertz CT molecular complexity index is 365. The van der Waals surface area contributed by atoms with Crippen LogP contribution < -0.4 is 5.32 Å². The number of hydrogen-bond donors (Lipinski definition) is 1. The van der Waals surface area contributed by atoms with Gasteiger partial charge in [0.05, 0.1) is 11.7 Å². The van der Waals surface area contributed by atoms with Gasteiger partial charge in [0.15, 0.2) is 0 Å². The van der Waals surface area contributed by atoms with Gasteiger partial charge >= 0.3 is 0 Å². The second-order valence-corrected chi connectivity index (χ2v) is 7.14. The van der Waals surface area contributed by atoms with Crippen LogP contribution in [0.25, 0.3) is 0 Å². The van der Waals surface area contributed by atoms with Crippen LogP contribution in [-0.4, -0.2) is 12.0 Å². The number of fused-ring (bicyclic) bond motifs is 1. The maximum Gasteiger partial charge on any atom is 0.110 e. The summed E-state index contributed by atoms with van der Waals surface area (Å²) in [6, 6.07) is 0.487. The van der Waals surface area contributed by atoms with E-state index in [1.54, 1.807) is 4.88 Å². The van der Waals surface area contributed by atoms with Crippen molar-refractivity contribution in [2.24, 2.45) is 0 Å². The van der Waals surface area contributed by atoms with Crippen LogP contribution in [0.15, 0.2) is 0 Å². The van der Waals surface area contributed by atoms with Gasteiger partial charge in [-0.05, 0) is 32.7 Å². The molecule has 1 aromatic rings. The molecule has 0 fully saturated rings. The highest BCUT2D eigenvalue weighted by atomic mass is 32.1. The molecule has 114 valence electrons. The van der Waals surface area contributed by atoms with Crippen molar-refractivity contribution in [1.82, 2.24) is 10.3 Å². The molecule has 0 bridgehead atoms. The van der Waals surface area contributed by atoms with Crippen molar-refractivity contribution < 1.29 is 0 Å². The molecule has 0 aliphatic heterocycles. The lowest BCUT2D eigenvalue weighted by Gasteiger charge is -2.13. The Balaban J connectivity index is 1.67. The van der Waals surface area contributed by atoms with Gasteiger partial charge in [0.1, 0.15) is 5.01 Å². The minimum Gasteiger partial charge on any atom is -0.311 e. The van der Waals surface area contributed by atoms with Crippen molar-refractivity contribution in [1.29, 1.82) is 0 Å². The maximum atomic E-state index is 4.86. The molecule has 1 unspecified atom stereocenters. The Labute approximate surface area is 128 Å². The van der Waals surface area contributed by atoms with Crippen LogP contribution in [0, 0.1) is 0 Å². The molecular weight excluding hydrogens is 264 g/mol. The number of unbranched alkanes of at least 4 members (excludes halogenated alkanes) is 6. The molecule has 0 saturated heterocycles. The van der Waals surface area contributed by atoms with E-state index in [9.17, 15) is 0 Å². The van der Waals surface area contributed by atoms with Gasteiger partial charge in [-0.15, -0.1) is 11.3 Å². The Morgan fingerprint density at radius 3 is 2.55 bits per heavy atom. The van der Waals surface area contributed by atoms with E-state index in [-0.39, 0.29) is 0 Å². The highest BCUT2D eigenvalue weighted by Gasteiger charge is 2.20. The van der Waals surface area contributed by atoms with Gasteiger partial charge in [-0.25, -0.2) is 4.98 Å². The van der Waals surface area contributed by atoms with Gasteiger partial charge < -0.3 is 5.32 Å². The zero-order chi connectivity index (χ0) is 14.2. The molecule has 1 aliphatic rings. The number of nitrogens with zero attached hydrogens (tertiary/aromatic N) is 1. The van der Waals surface area contributed by atoms with Gasteiger partial charge in [0.2, 0.25) is 0 Å². The molecule has 1 heterocycles. The van der Waals surface area contributed by atoms with Crippen LogP contribution in [-0.2, 0) is 12.8 Å². The fourth-order valence-corrected chi connectivity index (χ4v) is 4.35. The first-order valence-electron chi connectivity index (χ1n) is 8.51. The third-order valence-electron chi connectivity index (χ3n) is 4.36. The molecule has 0 radical (unpaired) electrons. The average molecular weight is 295 g/mol. The first-order chi connectivity index (χ1) is 9.85. The summed E-state index contributed by atoms with van der Waals surface area (Å²) < 4.78 is 0.